The van der Waals surface area contributed by atoms with E-state index < -0.39 is 11.6 Å². The predicted octanol–water partition coefficient (Wildman–Crippen LogP) is 4.96. The molecule has 4 aromatic rings. The number of nitrogens with zero attached hydrogens (tertiary/aromatic N) is 4. The van der Waals surface area contributed by atoms with Crippen LogP contribution in [0.4, 0.5) is 14.5 Å². The third kappa shape index (κ3) is 4.14. The van der Waals surface area contributed by atoms with Gasteiger partial charge in [0.1, 0.15) is 12.3 Å². The second-order valence-corrected chi connectivity index (χ2v) is 7.56. The minimum Gasteiger partial charge on any atom is -0.483 e. The SMILES string of the molecule is Fc1cc(N2CCc3nc(-c4ccccn4)ncc3C2)cc(F)c1OCc1ccccc1. The van der Waals surface area contributed by atoms with Crippen LogP contribution < -0.4 is 9.64 Å². The molecule has 0 radical (unpaired) electrons. The molecule has 160 valence electrons. The summed E-state index contributed by atoms with van der Waals surface area (Å²) in [4.78, 5) is 15.3. The first kappa shape index (κ1) is 20.1. The number of rotatable bonds is 5. The quantitative estimate of drug-likeness (QED) is 0.448. The summed E-state index contributed by atoms with van der Waals surface area (Å²) in [6, 6.07) is 17.5. The summed E-state index contributed by atoms with van der Waals surface area (Å²) >= 11 is 0. The zero-order valence-electron chi connectivity index (χ0n) is 17.2. The van der Waals surface area contributed by atoms with E-state index in [9.17, 15) is 8.78 Å². The Bertz CT molecular complexity index is 1210. The largest absolute Gasteiger partial charge is 0.483 e. The fourth-order valence-corrected chi connectivity index (χ4v) is 3.75. The van der Waals surface area contributed by atoms with Crippen molar-refractivity contribution in [2.75, 3.05) is 11.4 Å². The average Bonchev–Trinajstić information content (AvgIpc) is 2.84. The Morgan fingerprint density at radius 3 is 2.47 bits per heavy atom. The van der Waals surface area contributed by atoms with Crippen LogP contribution in [0.3, 0.4) is 0 Å². The Kier molecular flexibility index (Phi) is 5.46. The molecule has 1 aliphatic heterocycles. The molecule has 0 N–H and O–H groups in total. The lowest BCUT2D eigenvalue weighted by molar-refractivity contribution is 0.274. The van der Waals surface area contributed by atoms with Crippen molar-refractivity contribution in [1.29, 1.82) is 0 Å². The number of ether oxygens (including phenoxy) is 1. The number of fused-ring (bicyclic) bond motifs is 1. The molecule has 0 saturated carbocycles. The van der Waals surface area contributed by atoms with Crippen molar-refractivity contribution < 1.29 is 13.5 Å². The van der Waals surface area contributed by atoms with Gasteiger partial charge in [0.2, 0.25) is 0 Å². The van der Waals surface area contributed by atoms with Gasteiger partial charge in [-0.1, -0.05) is 36.4 Å². The maximum atomic E-state index is 14.7. The van der Waals surface area contributed by atoms with Crippen molar-refractivity contribution >= 4 is 5.69 Å². The van der Waals surface area contributed by atoms with Gasteiger partial charge in [-0.3, -0.25) is 4.98 Å². The van der Waals surface area contributed by atoms with E-state index in [1.807, 2.05) is 53.4 Å². The molecule has 32 heavy (non-hydrogen) atoms. The lowest BCUT2D eigenvalue weighted by Gasteiger charge is -2.30. The Hall–Kier alpha value is -3.87. The lowest BCUT2D eigenvalue weighted by atomic mass is 10.1. The Labute approximate surface area is 184 Å². The van der Waals surface area contributed by atoms with Gasteiger partial charge in [-0.15, -0.1) is 0 Å². The van der Waals surface area contributed by atoms with Gasteiger partial charge in [-0.05, 0) is 17.7 Å². The second-order valence-electron chi connectivity index (χ2n) is 7.56. The number of benzene rings is 2. The van der Waals surface area contributed by atoms with Crippen LogP contribution in [-0.4, -0.2) is 21.5 Å². The van der Waals surface area contributed by atoms with Crippen LogP contribution >= 0.6 is 0 Å². The monoisotopic (exact) mass is 430 g/mol. The fourth-order valence-electron chi connectivity index (χ4n) is 3.75. The maximum Gasteiger partial charge on any atom is 0.191 e. The molecule has 2 aromatic carbocycles. The van der Waals surface area contributed by atoms with E-state index in [0.717, 1.165) is 16.8 Å². The summed E-state index contributed by atoms with van der Waals surface area (Å²) in [5.41, 5.74) is 3.88. The van der Waals surface area contributed by atoms with E-state index in [1.165, 1.54) is 12.1 Å². The molecule has 2 aromatic heterocycles. The van der Waals surface area contributed by atoms with Crippen LogP contribution in [0.2, 0.25) is 0 Å². The van der Waals surface area contributed by atoms with E-state index >= 15 is 0 Å². The highest BCUT2D eigenvalue weighted by Crippen LogP contribution is 2.31. The molecule has 0 unspecified atom stereocenters. The number of hydrogen-bond acceptors (Lipinski definition) is 5. The van der Waals surface area contributed by atoms with Gasteiger partial charge in [0.25, 0.3) is 0 Å². The molecule has 5 rings (SSSR count). The van der Waals surface area contributed by atoms with E-state index in [2.05, 4.69) is 15.0 Å². The zero-order chi connectivity index (χ0) is 21.9. The summed E-state index contributed by atoms with van der Waals surface area (Å²) < 4.78 is 34.8. The second kappa shape index (κ2) is 8.70. The van der Waals surface area contributed by atoms with Crippen molar-refractivity contribution in [3.63, 3.8) is 0 Å². The van der Waals surface area contributed by atoms with Crippen LogP contribution in [0.25, 0.3) is 11.5 Å². The molecule has 1 aliphatic rings. The van der Waals surface area contributed by atoms with Gasteiger partial charge in [0.05, 0.1) is 5.69 Å². The van der Waals surface area contributed by atoms with Gasteiger partial charge in [0.15, 0.2) is 23.2 Å². The molecule has 3 heterocycles. The van der Waals surface area contributed by atoms with Gasteiger partial charge in [0, 0.05) is 55.3 Å². The summed E-state index contributed by atoms with van der Waals surface area (Å²) in [5.74, 6) is -1.22. The third-order valence-electron chi connectivity index (χ3n) is 5.40. The number of halogens is 2. The third-order valence-corrected chi connectivity index (χ3v) is 5.40. The van der Waals surface area contributed by atoms with Gasteiger partial charge in [-0.25, -0.2) is 18.7 Å². The highest BCUT2D eigenvalue weighted by molar-refractivity contribution is 5.54. The minimum absolute atomic E-state index is 0.0983. The summed E-state index contributed by atoms with van der Waals surface area (Å²) in [6.07, 6.45) is 4.12. The normalized spacial score (nSPS) is 13.0. The Morgan fingerprint density at radius 1 is 0.938 bits per heavy atom. The van der Waals surface area contributed by atoms with E-state index in [-0.39, 0.29) is 12.4 Å². The standard InChI is InChI=1S/C25H20F2N4O/c26-20-12-19(13-21(27)24(20)32-16-17-6-2-1-3-7-17)31-11-9-22-18(15-31)14-29-25(30-22)23-8-4-5-10-28-23/h1-8,10,12-14H,9,11,15-16H2. The van der Waals surface area contributed by atoms with Crippen molar-refractivity contribution in [3.8, 4) is 17.3 Å². The molecule has 0 fully saturated rings. The highest BCUT2D eigenvalue weighted by atomic mass is 19.1. The fraction of sp³-hybridized carbons (Fsp3) is 0.160. The molecule has 7 heteroatoms. The van der Waals surface area contributed by atoms with E-state index in [0.29, 0.717) is 36.7 Å². The Morgan fingerprint density at radius 2 is 1.72 bits per heavy atom. The summed E-state index contributed by atoms with van der Waals surface area (Å²) in [6.45, 7) is 1.16. The predicted molar refractivity (Wildman–Crippen MR) is 117 cm³/mol. The van der Waals surface area contributed by atoms with Crippen LogP contribution in [0.15, 0.2) is 73.1 Å². The Balaban J connectivity index is 1.33. The van der Waals surface area contributed by atoms with Gasteiger partial charge in [-0.2, -0.15) is 0 Å². The molecule has 0 atom stereocenters. The van der Waals surface area contributed by atoms with Crippen LogP contribution in [0.5, 0.6) is 5.75 Å². The average molecular weight is 430 g/mol. The first-order valence-corrected chi connectivity index (χ1v) is 10.3. The molecule has 5 nitrogen and oxygen atoms in total. The zero-order valence-corrected chi connectivity index (χ0v) is 17.2. The van der Waals surface area contributed by atoms with Gasteiger partial charge < -0.3 is 9.64 Å². The van der Waals surface area contributed by atoms with Crippen LogP contribution in [-0.2, 0) is 19.6 Å². The topological polar surface area (TPSA) is 51.1 Å². The number of pyridine rings is 1. The lowest BCUT2D eigenvalue weighted by Crippen LogP contribution is -2.31. The summed E-state index contributed by atoms with van der Waals surface area (Å²) in [5, 5.41) is 0. The molecule has 0 saturated heterocycles. The molecule has 0 aliphatic carbocycles. The molecule has 0 bridgehead atoms. The molecular weight excluding hydrogens is 410 g/mol. The van der Waals surface area contributed by atoms with Crippen molar-refractivity contribution in [1.82, 2.24) is 15.0 Å². The number of aromatic nitrogens is 3. The highest BCUT2D eigenvalue weighted by Gasteiger charge is 2.22. The van der Waals surface area contributed by atoms with Crippen molar-refractivity contribution in [2.24, 2.45) is 0 Å². The number of anilines is 1. The van der Waals surface area contributed by atoms with Crippen molar-refractivity contribution in [3.05, 3.63) is 102 Å². The maximum absolute atomic E-state index is 14.7. The van der Waals surface area contributed by atoms with Crippen molar-refractivity contribution in [2.45, 2.75) is 19.6 Å². The molecule has 0 amide bonds. The van der Waals surface area contributed by atoms with Gasteiger partial charge >= 0.3 is 0 Å². The first-order valence-electron chi connectivity index (χ1n) is 10.3. The van der Waals surface area contributed by atoms with Crippen LogP contribution in [0.1, 0.15) is 16.8 Å². The van der Waals surface area contributed by atoms with E-state index in [4.69, 9.17) is 4.74 Å². The number of hydrogen-bond donors (Lipinski definition) is 0. The van der Waals surface area contributed by atoms with Crippen LogP contribution in [0, 0.1) is 11.6 Å². The smallest absolute Gasteiger partial charge is 0.191 e. The molecular formula is C25H20F2N4O. The molecule has 0 spiro atoms. The summed E-state index contributed by atoms with van der Waals surface area (Å²) in [7, 11) is 0. The minimum atomic E-state index is -0.719. The first-order chi connectivity index (χ1) is 15.7. The van der Waals surface area contributed by atoms with E-state index in [1.54, 1.807) is 12.4 Å².